The molecule has 0 aromatic heterocycles. The molecule has 0 amide bonds. The van der Waals surface area contributed by atoms with Gasteiger partial charge in [0.25, 0.3) is 0 Å². The Labute approximate surface area is 124 Å². The molecule has 21 heavy (non-hydrogen) atoms. The van der Waals surface area contributed by atoms with Crippen molar-refractivity contribution in [3.05, 3.63) is 65.7 Å². The predicted octanol–water partition coefficient (Wildman–Crippen LogP) is 2.31. The molecule has 4 heteroatoms. The van der Waals surface area contributed by atoms with E-state index in [1.54, 1.807) is 7.11 Å². The molecule has 0 fully saturated rings. The first-order valence-corrected chi connectivity index (χ1v) is 6.78. The molecule has 4 nitrogen and oxygen atoms in total. The van der Waals surface area contributed by atoms with Crippen molar-refractivity contribution in [1.29, 1.82) is 0 Å². The van der Waals surface area contributed by atoms with Crippen LogP contribution in [0.4, 0.5) is 0 Å². The monoisotopic (exact) mass is 285 g/mol. The van der Waals surface area contributed by atoms with E-state index in [0.717, 1.165) is 16.9 Å². The minimum atomic E-state index is -0.665. The van der Waals surface area contributed by atoms with Gasteiger partial charge in [-0.3, -0.25) is 4.79 Å². The number of methoxy groups -OCH3 is 1. The second-order valence-electron chi connectivity index (χ2n) is 4.75. The number of nitrogens with two attached hydrogens (primary N) is 1. The number of carbonyl (C=O) groups is 1. The molecule has 2 rings (SSSR count). The van der Waals surface area contributed by atoms with Crippen LogP contribution in [0.3, 0.4) is 0 Å². The summed E-state index contributed by atoms with van der Waals surface area (Å²) in [6, 6.07) is 16.3. The van der Waals surface area contributed by atoms with Gasteiger partial charge in [-0.1, -0.05) is 42.5 Å². The molecule has 0 bridgehead atoms. The number of esters is 1. The lowest BCUT2D eigenvalue weighted by Gasteiger charge is -2.12. The van der Waals surface area contributed by atoms with E-state index >= 15 is 0 Å². The lowest BCUT2D eigenvalue weighted by molar-refractivity contribution is -0.146. The number of rotatable bonds is 6. The molecule has 1 atom stereocenters. The number of hydrogen-bond acceptors (Lipinski definition) is 4. The van der Waals surface area contributed by atoms with Gasteiger partial charge in [-0.25, -0.2) is 0 Å². The summed E-state index contributed by atoms with van der Waals surface area (Å²) >= 11 is 0. The Morgan fingerprint density at radius 3 is 2.33 bits per heavy atom. The quantitative estimate of drug-likeness (QED) is 0.827. The van der Waals surface area contributed by atoms with E-state index in [2.05, 4.69) is 0 Å². The highest BCUT2D eigenvalue weighted by molar-refractivity contribution is 5.75. The van der Waals surface area contributed by atoms with Crippen LogP contribution < -0.4 is 10.5 Å². The second kappa shape index (κ2) is 7.45. The molecule has 0 unspecified atom stereocenters. The molecule has 0 aliphatic rings. The van der Waals surface area contributed by atoms with E-state index in [0.29, 0.717) is 6.42 Å². The van der Waals surface area contributed by atoms with Crippen molar-refractivity contribution >= 4 is 5.97 Å². The number of benzene rings is 2. The van der Waals surface area contributed by atoms with Crippen LogP contribution in [0.25, 0.3) is 0 Å². The van der Waals surface area contributed by atoms with Gasteiger partial charge in [-0.2, -0.15) is 0 Å². The van der Waals surface area contributed by atoms with Gasteiger partial charge in [0.2, 0.25) is 0 Å². The van der Waals surface area contributed by atoms with Crippen LogP contribution in [0.1, 0.15) is 11.1 Å². The highest BCUT2D eigenvalue weighted by Gasteiger charge is 2.15. The summed E-state index contributed by atoms with van der Waals surface area (Å²) in [7, 11) is 1.61. The van der Waals surface area contributed by atoms with E-state index in [-0.39, 0.29) is 6.61 Å². The zero-order valence-corrected chi connectivity index (χ0v) is 12.0. The Hall–Kier alpha value is -2.33. The van der Waals surface area contributed by atoms with Crippen molar-refractivity contribution in [3.8, 4) is 5.75 Å². The van der Waals surface area contributed by atoms with Crippen LogP contribution in [-0.4, -0.2) is 19.1 Å². The zero-order chi connectivity index (χ0) is 15.1. The average molecular weight is 285 g/mol. The molecule has 2 aromatic carbocycles. The lowest BCUT2D eigenvalue weighted by Crippen LogP contribution is -2.34. The van der Waals surface area contributed by atoms with Crippen LogP contribution in [0.15, 0.2) is 54.6 Å². The maximum Gasteiger partial charge on any atom is 0.323 e. The topological polar surface area (TPSA) is 61.5 Å². The molecule has 0 radical (unpaired) electrons. The average Bonchev–Trinajstić information content (AvgIpc) is 2.54. The maximum atomic E-state index is 11.9. The van der Waals surface area contributed by atoms with Crippen molar-refractivity contribution in [2.75, 3.05) is 7.11 Å². The summed E-state index contributed by atoms with van der Waals surface area (Å²) in [5.41, 5.74) is 7.80. The van der Waals surface area contributed by atoms with Crippen LogP contribution in [0, 0.1) is 0 Å². The summed E-state index contributed by atoms with van der Waals surface area (Å²) < 4.78 is 10.3. The van der Waals surface area contributed by atoms with Gasteiger partial charge in [0.1, 0.15) is 18.4 Å². The molecule has 2 aromatic rings. The SMILES string of the molecule is COc1ccc(C[C@H](N)C(=O)OCc2ccccc2)cc1. The van der Waals surface area contributed by atoms with Gasteiger partial charge in [-0.15, -0.1) is 0 Å². The molecule has 0 saturated heterocycles. The fraction of sp³-hybridized carbons (Fsp3) is 0.235. The van der Waals surface area contributed by atoms with Crippen LogP contribution in [-0.2, 0) is 22.6 Å². The summed E-state index contributed by atoms with van der Waals surface area (Å²) in [6.07, 6.45) is 0.442. The molecular formula is C17H19NO3. The Balaban J connectivity index is 1.84. The van der Waals surface area contributed by atoms with Crippen LogP contribution in [0.2, 0.25) is 0 Å². The van der Waals surface area contributed by atoms with E-state index in [1.807, 2.05) is 54.6 Å². The van der Waals surface area contributed by atoms with E-state index in [4.69, 9.17) is 15.2 Å². The van der Waals surface area contributed by atoms with Crippen molar-refractivity contribution in [2.45, 2.75) is 19.1 Å². The molecule has 110 valence electrons. The Morgan fingerprint density at radius 2 is 1.71 bits per heavy atom. The fourth-order valence-electron chi connectivity index (χ4n) is 1.93. The third kappa shape index (κ3) is 4.61. The lowest BCUT2D eigenvalue weighted by atomic mass is 10.1. The minimum Gasteiger partial charge on any atom is -0.497 e. The minimum absolute atomic E-state index is 0.246. The normalized spacial score (nSPS) is 11.7. The maximum absolute atomic E-state index is 11.9. The van der Waals surface area contributed by atoms with Gasteiger partial charge in [-0.05, 0) is 29.7 Å². The zero-order valence-electron chi connectivity index (χ0n) is 12.0. The highest BCUT2D eigenvalue weighted by atomic mass is 16.5. The van der Waals surface area contributed by atoms with Gasteiger partial charge >= 0.3 is 5.97 Å². The standard InChI is InChI=1S/C17H19NO3/c1-20-15-9-7-13(8-10-15)11-16(18)17(19)21-12-14-5-3-2-4-6-14/h2-10,16H,11-12,18H2,1H3/t16-/m0/s1. The van der Waals surface area contributed by atoms with Crippen molar-refractivity contribution in [3.63, 3.8) is 0 Å². The fourth-order valence-corrected chi connectivity index (χ4v) is 1.93. The van der Waals surface area contributed by atoms with Crippen molar-refractivity contribution < 1.29 is 14.3 Å². The van der Waals surface area contributed by atoms with Crippen molar-refractivity contribution in [2.24, 2.45) is 5.73 Å². The first-order chi connectivity index (χ1) is 10.2. The predicted molar refractivity (Wildman–Crippen MR) is 80.9 cm³/mol. The summed E-state index contributed by atoms with van der Waals surface area (Å²) in [4.78, 5) is 11.9. The van der Waals surface area contributed by atoms with Gasteiger partial charge in [0, 0.05) is 0 Å². The van der Waals surface area contributed by atoms with Gasteiger partial charge < -0.3 is 15.2 Å². The molecule has 0 aliphatic carbocycles. The van der Waals surface area contributed by atoms with Crippen molar-refractivity contribution in [1.82, 2.24) is 0 Å². The molecular weight excluding hydrogens is 266 g/mol. The first-order valence-electron chi connectivity index (χ1n) is 6.78. The molecule has 0 saturated carbocycles. The number of hydrogen-bond donors (Lipinski definition) is 1. The smallest absolute Gasteiger partial charge is 0.323 e. The first kappa shape index (κ1) is 15.1. The summed E-state index contributed by atoms with van der Waals surface area (Å²) in [5.74, 6) is 0.383. The Morgan fingerprint density at radius 1 is 1.05 bits per heavy atom. The molecule has 0 aliphatic heterocycles. The molecule has 2 N–H and O–H groups in total. The van der Waals surface area contributed by atoms with Crippen LogP contribution >= 0.6 is 0 Å². The van der Waals surface area contributed by atoms with E-state index in [1.165, 1.54) is 0 Å². The van der Waals surface area contributed by atoms with Gasteiger partial charge in [0.05, 0.1) is 7.11 Å². The molecule has 0 spiro atoms. The third-order valence-electron chi connectivity index (χ3n) is 3.14. The molecule has 0 heterocycles. The number of ether oxygens (including phenoxy) is 2. The Bertz CT molecular complexity index is 566. The summed E-state index contributed by atoms with van der Waals surface area (Å²) in [5, 5.41) is 0. The van der Waals surface area contributed by atoms with Crippen LogP contribution in [0.5, 0.6) is 5.75 Å². The largest absolute Gasteiger partial charge is 0.497 e. The second-order valence-corrected chi connectivity index (χ2v) is 4.75. The van der Waals surface area contributed by atoms with E-state index in [9.17, 15) is 4.79 Å². The third-order valence-corrected chi connectivity index (χ3v) is 3.14. The highest BCUT2D eigenvalue weighted by Crippen LogP contribution is 2.13. The van der Waals surface area contributed by atoms with E-state index < -0.39 is 12.0 Å². The van der Waals surface area contributed by atoms with Gasteiger partial charge in [0.15, 0.2) is 0 Å². The Kier molecular flexibility index (Phi) is 5.35. The summed E-state index contributed by atoms with van der Waals surface area (Å²) in [6.45, 7) is 0.246. The number of carbonyl (C=O) groups excluding carboxylic acids is 1.